The molecule has 4 fully saturated rings. The van der Waals surface area contributed by atoms with Gasteiger partial charge in [-0.1, -0.05) is 56.3 Å². The van der Waals surface area contributed by atoms with Gasteiger partial charge < -0.3 is 24.6 Å². The third kappa shape index (κ3) is 10.6. The van der Waals surface area contributed by atoms with Crippen molar-refractivity contribution < 1.29 is 41.5 Å². The first-order valence-electron chi connectivity index (χ1n) is 22.1. The number of benzene rings is 1. The van der Waals surface area contributed by atoms with Crippen molar-refractivity contribution in [3.8, 4) is 0 Å². The number of hydrogen-bond donors (Lipinski definition) is 2. The highest BCUT2D eigenvalue weighted by atomic mass is 32.2. The van der Waals surface area contributed by atoms with Crippen molar-refractivity contribution >= 4 is 23.0 Å². The molecule has 1 amide bonds. The Bertz CT molecular complexity index is 1460. The van der Waals surface area contributed by atoms with Crippen LogP contribution in [0.1, 0.15) is 140 Å². The number of likely N-dealkylation sites (tertiary alicyclic amines) is 2. The van der Waals surface area contributed by atoms with Crippen molar-refractivity contribution in [3.05, 3.63) is 29.3 Å². The van der Waals surface area contributed by atoms with Crippen LogP contribution >= 0.6 is 0 Å². The first-order chi connectivity index (χ1) is 27.1. The summed E-state index contributed by atoms with van der Waals surface area (Å²) < 4.78 is 75.4. The first kappa shape index (κ1) is 44.9. The summed E-state index contributed by atoms with van der Waals surface area (Å²) >= 11 is -1.38. The second-order valence-electron chi connectivity index (χ2n) is 18.6. The molecule has 2 aliphatic heterocycles. The van der Waals surface area contributed by atoms with E-state index in [4.69, 9.17) is 0 Å². The maximum absolute atomic E-state index is 13.1. The summed E-state index contributed by atoms with van der Waals surface area (Å²) in [4.78, 5) is 19.5. The molecule has 57 heavy (non-hydrogen) atoms. The smallest absolute Gasteiger partial charge is 0.453 e. The van der Waals surface area contributed by atoms with Crippen LogP contribution in [0.25, 0.3) is 0 Å². The van der Waals surface area contributed by atoms with Gasteiger partial charge in [0.15, 0.2) is 0 Å². The van der Waals surface area contributed by atoms with Gasteiger partial charge in [-0.3, -0.25) is 4.90 Å². The lowest BCUT2D eigenvalue weighted by Crippen LogP contribution is -2.52. The van der Waals surface area contributed by atoms with Crippen LogP contribution in [0.4, 0.5) is 32.4 Å². The van der Waals surface area contributed by atoms with Gasteiger partial charge in [0, 0.05) is 37.3 Å². The van der Waals surface area contributed by atoms with Crippen LogP contribution in [0.2, 0.25) is 0 Å². The minimum absolute atomic E-state index is 0.0276. The molecule has 7 nitrogen and oxygen atoms in total. The molecule has 324 valence electrons. The number of nitrogens with zero attached hydrogens (tertiary/aromatic N) is 3. The number of anilines is 1. The molecule has 0 radical (unpaired) electrons. The van der Waals surface area contributed by atoms with Crippen molar-refractivity contribution in [1.29, 1.82) is 0 Å². The summed E-state index contributed by atoms with van der Waals surface area (Å²) in [7, 11) is 2.18. The molecule has 2 saturated carbocycles. The van der Waals surface area contributed by atoms with Gasteiger partial charge >= 0.3 is 18.2 Å². The third-order valence-corrected chi connectivity index (χ3v) is 16.6. The van der Waals surface area contributed by atoms with Crippen molar-refractivity contribution in [2.75, 3.05) is 49.6 Å². The lowest BCUT2D eigenvalue weighted by Gasteiger charge is -2.53. The number of amides is 1. The Hall–Kier alpha value is -1.67. The Balaban J connectivity index is 1.01. The van der Waals surface area contributed by atoms with Gasteiger partial charge in [-0.05, 0) is 156 Å². The van der Waals surface area contributed by atoms with E-state index in [1.165, 1.54) is 24.0 Å². The van der Waals surface area contributed by atoms with Crippen LogP contribution in [-0.2, 0) is 17.6 Å². The highest BCUT2D eigenvalue weighted by Gasteiger charge is 2.57. The lowest BCUT2D eigenvalue weighted by atomic mass is 9.52. The molecule has 3 aliphatic carbocycles. The number of halogens is 5. The summed E-state index contributed by atoms with van der Waals surface area (Å²) in [6, 6.07) is 7.10. The number of alkyl halides is 5. The van der Waals surface area contributed by atoms with Crippen LogP contribution in [0.15, 0.2) is 18.2 Å². The Morgan fingerprint density at radius 1 is 0.895 bits per heavy atom. The van der Waals surface area contributed by atoms with E-state index in [1.54, 1.807) is 4.90 Å². The number of piperidine rings is 2. The van der Waals surface area contributed by atoms with Gasteiger partial charge in [-0.2, -0.15) is 22.0 Å². The Morgan fingerprint density at radius 2 is 1.54 bits per heavy atom. The molecular weight excluding hydrogens is 762 g/mol. The van der Waals surface area contributed by atoms with Gasteiger partial charge in [0.1, 0.15) is 11.5 Å². The van der Waals surface area contributed by atoms with E-state index in [0.29, 0.717) is 41.9 Å². The van der Waals surface area contributed by atoms with Gasteiger partial charge in [-0.15, -0.1) is 0 Å². The maximum atomic E-state index is 13.1. The highest BCUT2D eigenvalue weighted by molar-refractivity contribution is 7.91. The van der Waals surface area contributed by atoms with E-state index >= 15 is 0 Å². The number of hydrogen-bond acceptors (Lipinski definition) is 5. The molecule has 7 atom stereocenters. The second kappa shape index (κ2) is 19.4. The van der Waals surface area contributed by atoms with E-state index < -0.39 is 42.2 Å². The molecule has 2 N–H and O–H groups in total. The normalized spacial score (nSPS) is 29.8. The zero-order valence-corrected chi connectivity index (χ0v) is 35.1. The molecular formula is C44H68F5N3O4S. The summed E-state index contributed by atoms with van der Waals surface area (Å²) in [5, 5.41) is 21.7. The number of unbranched alkanes of at least 4 members (excludes halogenated alkanes) is 6. The number of carbonyl (C=O) groups is 1. The average Bonchev–Trinajstić information content (AvgIpc) is 3.47. The highest BCUT2D eigenvalue weighted by Crippen LogP contribution is 2.63. The number of aliphatic hydroxyl groups is 1. The molecule has 5 aliphatic rings. The molecule has 0 aromatic heterocycles. The molecule has 1 unspecified atom stereocenters. The van der Waals surface area contributed by atoms with Crippen LogP contribution in [-0.4, -0.2) is 106 Å². The van der Waals surface area contributed by atoms with E-state index in [9.17, 15) is 41.5 Å². The van der Waals surface area contributed by atoms with E-state index in [0.717, 1.165) is 122 Å². The van der Waals surface area contributed by atoms with Gasteiger partial charge in [0.2, 0.25) is 0 Å². The van der Waals surface area contributed by atoms with Gasteiger partial charge in [-0.25, -0.2) is 4.79 Å². The Kier molecular flexibility index (Phi) is 15.2. The number of carboxylic acid groups (broad SMARTS) is 1. The Labute approximate surface area is 340 Å². The largest absolute Gasteiger partial charge is 0.616 e. The fourth-order valence-electron chi connectivity index (χ4n) is 11.8. The summed E-state index contributed by atoms with van der Waals surface area (Å²) in [6.45, 7) is 6.44. The van der Waals surface area contributed by atoms with Crippen molar-refractivity contribution in [2.24, 2.45) is 23.2 Å². The second-order valence-corrected chi connectivity index (χ2v) is 20.3. The van der Waals surface area contributed by atoms with E-state index in [-0.39, 0.29) is 23.3 Å². The molecule has 2 saturated heterocycles. The standard InChI is InChI=1S/C44H68F5N3O4S/c1-42-22-16-37-36-13-12-35(52(41(54)55)34-19-25-51(26-20-34)33-17-23-50(2)24-18-33)30-32(36)29-31(40(37)38(42)14-15-39(42)53)11-8-6-4-3-5-7-9-27-57(56)28-10-21-43(45,46)44(47,48)49/h12-13,30-31,33-34,37-40,53H,3-11,14-29H2,1-2H3,(H,54,55)/t31-,37-,38+,39+,40-,42+,57?/m1/s1. The fraction of sp³-hybridized carbons (Fsp3) is 0.841. The van der Waals surface area contributed by atoms with E-state index in [2.05, 4.69) is 42.0 Å². The predicted octanol–water partition coefficient (Wildman–Crippen LogP) is 10.0. The Morgan fingerprint density at radius 3 is 2.21 bits per heavy atom. The summed E-state index contributed by atoms with van der Waals surface area (Å²) in [5.74, 6) is -2.61. The third-order valence-electron chi connectivity index (χ3n) is 15.1. The van der Waals surface area contributed by atoms with Crippen LogP contribution in [0.5, 0.6) is 0 Å². The van der Waals surface area contributed by atoms with Crippen molar-refractivity contribution in [3.63, 3.8) is 0 Å². The van der Waals surface area contributed by atoms with Crippen LogP contribution in [0.3, 0.4) is 0 Å². The first-order valence-corrected chi connectivity index (χ1v) is 23.6. The monoisotopic (exact) mass is 829 g/mol. The predicted molar refractivity (Wildman–Crippen MR) is 217 cm³/mol. The van der Waals surface area contributed by atoms with Crippen molar-refractivity contribution in [1.82, 2.24) is 9.80 Å². The quantitative estimate of drug-likeness (QED) is 0.0924. The molecule has 1 aromatic rings. The molecule has 13 heteroatoms. The SMILES string of the molecule is CN1CCC(N2CCC(N(C(=O)O)c3ccc4c(c3)C[C@@H](CCCCCCCCC[S+]([O-])CCCC(F)(F)C(F)(F)F)[C@@H]3[C@@H]4CC[C@]4(C)[C@@H](O)CC[C@@H]34)CC2)CC1. The topological polar surface area (TPSA) is 90.3 Å². The molecule has 1 aromatic carbocycles. The minimum Gasteiger partial charge on any atom is -0.616 e. The van der Waals surface area contributed by atoms with E-state index in [1.807, 2.05) is 0 Å². The molecule has 6 rings (SSSR count). The van der Waals surface area contributed by atoms with Crippen LogP contribution in [0, 0.1) is 23.2 Å². The van der Waals surface area contributed by atoms with Crippen LogP contribution < -0.4 is 4.90 Å². The summed E-state index contributed by atoms with van der Waals surface area (Å²) in [5.41, 5.74) is 3.46. The fourth-order valence-corrected chi connectivity index (χ4v) is 13.0. The molecule has 0 bridgehead atoms. The summed E-state index contributed by atoms with van der Waals surface area (Å²) in [6.07, 6.45) is 8.58. The van der Waals surface area contributed by atoms with Crippen molar-refractivity contribution in [2.45, 2.75) is 165 Å². The zero-order chi connectivity index (χ0) is 41.0. The number of rotatable bonds is 17. The number of aliphatic hydroxyl groups excluding tert-OH is 1. The minimum atomic E-state index is -5.56. The lowest BCUT2D eigenvalue weighted by molar-refractivity contribution is -0.284. The molecule has 0 spiro atoms. The maximum Gasteiger partial charge on any atom is 0.453 e. The molecule has 2 heterocycles. The average molecular weight is 830 g/mol. The zero-order valence-electron chi connectivity index (χ0n) is 34.3. The van der Waals surface area contributed by atoms with Gasteiger partial charge in [0.05, 0.1) is 6.10 Å². The van der Waals surface area contributed by atoms with Gasteiger partial charge in [0.25, 0.3) is 0 Å². The number of fused-ring (bicyclic) bond motifs is 5.